The number of carbonyl (C=O) groups is 2. The Morgan fingerprint density at radius 3 is 2.44 bits per heavy atom. The average Bonchev–Trinajstić information content (AvgIpc) is 2.85. The van der Waals surface area contributed by atoms with E-state index in [0.29, 0.717) is 6.61 Å². The van der Waals surface area contributed by atoms with Crippen LogP contribution in [0.15, 0.2) is 42.5 Å². The van der Waals surface area contributed by atoms with Crippen LogP contribution in [0.2, 0.25) is 0 Å². The van der Waals surface area contributed by atoms with Crippen molar-refractivity contribution in [3.05, 3.63) is 70.3 Å². The van der Waals surface area contributed by atoms with Crippen molar-refractivity contribution < 1.29 is 28.5 Å². The van der Waals surface area contributed by atoms with Gasteiger partial charge in [0.1, 0.15) is 0 Å². The van der Waals surface area contributed by atoms with Crippen LogP contribution in [0.5, 0.6) is 0 Å². The summed E-state index contributed by atoms with van der Waals surface area (Å²) in [5.74, 6) is -1.16. The first kappa shape index (κ1) is 23.7. The predicted octanol–water partition coefficient (Wildman–Crippen LogP) is 4.91. The van der Waals surface area contributed by atoms with Crippen molar-refractivity contribution in [2.75, 3.05) is 27.4 Å². The Balaban J connectivity index is 1.61. The Morgan fingerprint density at radius 1 is 0.969 bits per heavy atom. The molecule has 6 heteroatoms. The lowest BCUT2D eigenvalue weighted by molar-refractivity contribution is -0.162. The molecule has 1 fully saturated rings. The third kappa shape index (κ3) is 6.77. The van der Waals surface area contributed by atoms with Crippen molar-refractivity contribution in [2.45, 2.75) is 38.4 Å². The molecule has 1 saturated heterocycles. The highest BCUT2D eigenvalue weighted by molar-refractivity contribution is 6.03. The zero-order chi connectivity index (χ0) is 22.8. The number of carbonyl (C=O) groups excluding carboxylic acids is 2. The third-order valence-electron chi connectivity index (χ3n) is 5.32. The van der Waals surface area contributed by atoms with Crippen LogP contribution in [0.3, 0.4) is 0 Å². The number of hydrogen-bond acceptors (Lipinski definition) is 6. The molecule has 170 valence electrons. The van der Waals surface area contributed by atoms with Gasteiger partial charge in [0, 0.05) is 6.61 Å². The van der Waals surface area contributed by atoms with Gasteiger partial charge in [-0.3, -0.25) is 0 Å². The fourth-order valence-electron chi connectivity index (χ4n) is 3.61. The maximum Gasteiger partial charge on any atom is 0.338 e. The number of benzene rings is 2. The summed E-state index contributed by atoms with van der Waals surface area (Å²) in [6.45, 7) is 1.49. The lowest BCUT2D eigenvalue weighted by Crippen LogP contribution is -2.22. The molecule has 0 N–H and O–H groups in total. The van der Waals surface area contributed by atoms with E-state index in [0.717, 1.165) is 43.4 Å². The molecular formula is C26H30O6. The van der Waals surface area contributed by atoms with Crippen LogP contribution in [-0.4, -0.2) is 45.7 Å². The standard InChI is InChI=1S/C26H30O6/c1-29-25(27)22-14-13-21(18-23(22)26(28)30-2)12-11-20-8-5-7-19(17-20)9-6-16-32-24-10-3-4-15-31-24/h5,7-8,11-14,17-18,24H,3-4,6,9-10,15-16H2,1-2H3/b12-11+. The molecular weight excluding hydrogens is 408 g/mol. The van der Waals surface area contributed by atoms with Crippen molar-refractivity contribution in [1.29, 1.82) is 0 Å². The Hall–Kier alpha value is -2.96. The zero-order valence-corrected chi connectivity index (χ0v) is 18.7. The van der Waals surface area contributed by atoms with E-state index in [1.807, 2.05) is 24.3 Å². The topological polar surface area (TPSA) is 71.1 Å². The summed E-state index contributed by atoms with van der Waals surface area (Å²) in [6.07, 6.45) is 8.97. The first-order chi connectivity index (χ1) is 15.6. The molecule has 0 aromatic heterocycles. The molecule has 1 aliphatic rings. The van der Waals surface area contributed by atoms with Crippen molar-refractivity contribution >= 4 is 24.1 Å². The van der Waals surface area contributed by atoms with Gasteiger partial charge in [-0.2, -0.15) is 0 Å². The van der Waals surface area contributed by atoms with Gasteiger partial charge in [-0.25, -0.2) is 9.59 Å². The highest BCUT2D eigenvalue weighted by atomic mass is 16.7. The van der Waals surface area contributed by atoms with Gasteiger partial charge >= 0.3 is 11.9 Å². The lowest BCUT2D eigenvalue weighted by Gasteiger charge is -2.22. The van der Waals surface area contributed by atoms with Crippen molar-refractivity contribution in [3.63, 3.8) is 0 Å². The highest BCUT2D eigenvalue weighted by Crippen LogP contribution is 2.18. The molecule has 1 heterocycles. The Morgan fingerprint density at radius 2 is 1.72 bits per heavy atom. The minimum Gasteiger partial charge on any atom is -0.465 e. The molecule has 2 aromatic rings. The Kier molecular flexibility index (Phi) is 9.01. The summed E-state index contributed by atoms with van der Waals surface area (Å²) in [5.41, 5.74) is 3.42. The molecule has 32 heavy (non-hydrogen) atoms. The minimum absolute atomic E-state index is 0.0431. The molecule has 1 atom stereocenters. The van der Waals surface area contributed by atoms with Gasteiger partial charge < -0.3 is 18.9 Å². The predicted molar refractivity (Wildman–Crippen MR) is 122 cm³/mol. The first-order valence-corrected chi connectivity index (χ1v) is 10.9. The van der Waals surface area contributed by atoms with Crippen LogP contribution < -0.4 is 0 Å². The second-order valence-corrected chi connectivity index (χ2v) is 7.64. The molecule has 0 aliphatic carbocycles. The summed E-state index contributed by atoms with van der Waals surface area (Å²) in [4.78, 5) is 24.0. The summed E-state index contributed by atoms with van der Waals surface area (Å²) >= 11 is 0. The van der Waals surface area contributed by atoms with E-state index in [1.54, 1.807) is 18.2 Å². The van der Waals surface area contributed by atoms with Crippen LogP contribution in [0.1, 0.15) is 63.1 Å². The first-order valence-electron chi connectivity index (χ1n) is 10.9. The maximum absolute atomic E-state index is 12.1. The summed E-state index contributed by atoms with van der Waals surface area (Å²) < 4.78 is 21.0. The number of hydrogen-bond donors (Lipinski definition) is 0. The molecule has 0 radical (unpaired) electrons. The monoisotopic (exact) mass is 438 g/mol. The second kappa shape index (κ2) is 12.2. The Labute approximate surface area is 189 Å². The van der Waals surface area contributed by atoms with E-state index in [9.17, 15) is 9.59 Å². The number of aryl methyl sites for hydroxylation is 1. The lowest BCUT2D eigenvalue weighted by atomic mass is 10.0. The quantitative estimate of drug-likeness (QED) is 0.315. The van der Waals surface area contributed by atoms with Crippen LogP contribution in [0, 0.1) is 0 Å². The van der Waals surface area contributed by atoms with Gasteiger partial charge in [0.05, 0.1) is 32.0 Å². The molecule has 3 rings (SSSR count). The zero-order valence-electron chi connectivity index (χ0n) is 18.7. The smallest absolute Gasteiger partial charge is 0.338 e. The fourth-order valence-corrected chi connectivity index (χ4v) is 3.61. The fraction of sp³-hybridized carbons (Fsp3) is 0.385. The number of esters is 2. The van der Waals surface area contributed by atoms with E-state index < -0.39 is 11.9 Å². The van der Waals surface area contributed by atoms with E-state index in [1.165, 1.54) is 26.2 Å². The van der Waals surface area contributed by atoms with Gasteiger partial charge in [0.25, 0.3) is 0 Å². The van der Waals surface area contributed by atoms with Crippen molar-refractivity contribution in [1.82, 2.24) is 0 Å². The highest BCUT2D eigenvalue weighted by Gasteiger charge is 2.18. The van der Waals surface area contributed by atoms with Crippen LogP contribution >= 0.6 is 0 Å². The van der Waals surface area contributed by atoms with E-state index >= 15 is 0 Å². The van der Waals surface area contributed by atoms with Crippen LogP contribution in [-0.2, 0) is 25.4 Å². The summed E-state index contributed by atoms with van der Waals surface area (Å²) in [7, 11) is 2.56. The van der Waals surface area contributed by atoms with Gasteiger partial charge in [-0.15, -0.1) is 0 Å². The number of ether oxygens (including phenoxy) is 4. The SMILES string of the molecule is COC(=O)c1ccc(/C=C/c2cccc(CCCOC3CCCCO3)c2)cc1C(=O)OC. The molecule has 0 amide bonds. The molecule has 2 aromatic carbocycles. The van der Waals surface area contributed by atoms with Gasteiger partial charge in [-0.05, 0) is 60.9 Å². The van der Waals surface area contributed by atoms with Gasteiger partial charge in [0.2, 0.25) is 0 Å². The Bertz CT molecular complexity index is 943. The molecule has 6 nitrogen and oxygen atoms in total. The molecule has 0 bridgehead atoms. The van der Waals surface area contributed by atoms with Crippen molar-refractivity contribution in [2.24, 2.45) is 0 Å². The normalized spacial score (nSPS) is 16.1. The molecule has 0 saturated carbocycles. The maximum atomic E-state index is 12.1. The molecule has 0 spiro atoms. The average molecular weight is 439 g/mol. The van der Waals surface area contributed by atoms with Crippen molar-refractivity contribution in [3.8, 4) is 0 Å². The van der Waals surface area contributed by atoms with Gasteiger partial charge in [-0.1, -0.05) is 42.5 Å². The van der Waals surface area contributed by atoms with E-state index in [-0.39, 0.29) is 17.4 Å². The summed E-state index contributed by atoms with van der Waals surface area (Å²) in [5, 5.41) is 0. The molecule has 1 unspecified atom stereocenters. The third-order valence-corrected chi connectivity index (χ3v) is 5.32. The van der Waals surface area contributed by atoms with E-state index in [2.05, 4.69) is 12.1 Å². The summed E-state index contributed by atoms with van der Waals surface area (Å²) in [6, 6.07) is 13.3. The number of rotatable bonds is 9. The minimum atomic E-state index is -0.580. The number of methoxy groups -OCH3 is 2. The largest absolute Gasteiger partial charge is 0.465 e. The second-order valence-electron chi connectivity index (χ2n) is 7.64. The van der Waals surface area contributed by atoms with Crippen LogP contribution in [0.25, 0.3) is 12.2 Å². The van der Waals surface area contributed by atoms with E-state index in [4.69, 9.17) is 18.9 Å². The van der Waals surface area contributed by atoms with Gasteiger partial charge in [0.15, 0.2) is 6.29 Å². The van der Waals surface area contributed by atoms with Crippen LogP contribution in [0.4, 0.5) is 0 Å². The molecule has 1 aliphatic heterocycles.